The number of nitriles is 1. The van der Waals surface area contributed by atoms with Gasteiger partial charge in [-0.2, -0.15) is 5.26 Å². The van der Waals surface area contributed by atoms with Crippen molar-refractivity contribution in [2.45, 2.75) is 58.7 Å². The average molecular weight is 377 g/mol. The highest BCUT2D eigenvalue weighted by molar-refractivity contribution is 6.31. The Hall–Kier alpha value is -1.32. The Morgan fingerprint density at radius 1 is 1.23 bits per heavy atom. The van der Waals surface area contributed by atoms with E-state index in [1.54, 1.807) is 12.1 Å². The number of hydrogen-bond donors (Lipinski definition) is 2. The number of hydrogen-bond acceptors (Lipinski definition) is 5. The van der Waals surface area contributed by atoms with Crippen molar-refractivity contribution in [3.8, 4) is 11.8 Å². The number of piperidine rings is 1. The van der Waals surface area contributed by atoms with Gasteiger partial charge in [0.15, 0.2) is 0 Å². The Kier molecular flexibility index (Phi) is 5.24. The maximum absolute atomic E-state index is 9.03. The number of rotatable bonds is 4. The van der Waals surface area contributed by atoms with Crippen LogP contribution in [-0.4, -0.2) is 36.3 Å². The van der Waals surface area contributed by atoms with Gasteiger partial charge in [0.2, 0.25) is 0 Å². The van der Waals surface area contributed by atoms with Crippen molar-refractivity contribution in [3.63, 3.8) is 0 Å². The van der Waals surface area contributed by atoms with Gasteiger partial charge in [-0.3, -0.25) is 5.43 Å². The molecule has 0 aromatic heterocycles. The Morgan fingerprint density at radius 3 is 2.38 bits per heavy atom. The van der Waals surface area contributed by atoms with Gasteiger partial charge in [0.1, 0.15) is 17.9 Å². The molecular weight excluding hydrogens is 348 g/mol. The Bertz CT molecular complexity index is 688. The molecule has 3 rings (SSSR count). The van der Waals surface area contributed by atoms with Crippen LogP contribution in [0.25, 0.3) is 0 Å². The maximum Gasteiger partial charge on any atom is 0.121 e. The molecule has 3 N–H and O–H groups in total. The zero-order chi connectivity index (χ0) is 19.1. The first kappa shape index (κ1) is 19.4. The summed E-state index contributed by atoms with van der Waals surface area (Å²) in [4.78, 5) is 0. The lowest BCUT2D eigenvalue weighted by Gasteiger charge is -2.64. The Labute approximate surface area is 161 Å². The normalized spacial score (nSPS) is 28.2. The molecule has 1 saturated heterocycles. The van der Waals surface area contributed by atoms with Crippen LogP contribution in [0.15, 0.2) is 18.2 Å². The number of hydrazine groups is 1. The molecule has 2 aliphatic rings. The smallest absolute Gasteiger partial charge is 0.121 e. The highest BCUT2D eigenvalue weighted by Gasteiger charge is 2.64. The third-order valence-electron chi connectivity index (χ3n) is 6.01. The second-order valence-corrected chi connectivity index (χ2v) is 9.19. The van der Waals surface area contributed by atoms with Gasteiger partial charge in [-0.15, -0.1) is 0 Å². The predicted molar refractivity (Wildman–Crippen MR) is 104 cm³/mol. The Morgan fingerprint density at radius 2 is 1.85 bits per heavy atom. The first-order chi connectivity index (χ1) is 12.2. The minimum atomic E-state index is -0.0383. The van der Waals surface area contributed by atoms with E-state index in [0.717, 1.165) is 25.9 Å². The third kappa shape index (κ3) is 3.44. The molecule has 2 fully saturated rings. The molecule has 142 valence electrons. The fraction of sp³-hybridized carbons (Fsp3) is 0.650. The molecular formula is C20H29ClN4O. The van der Waals surface area contributed by atoms with Gasteiger partial charge >= 0.3 is 0 Å². The molecule has 1 saturated carbocycles. The van der Waals surface area contributed by atoms with Crippen molar-refractivity contribution < 1.29 is 4.74 Å². The van der Waals surface area contributed by atoms with Crippen LogP contribution in [0.4, 0.5) is 0 Å². The monoisotopic (exact) mass is 376 g/mol. The minimum Gasteiger partial charge on any atom is -0.489 e. The van der Waals surface area contributed by atoms with Gasteiger partial charge in [-0.25, -0.2) is 5.01 Å². The van der Waals surface area contributed by atoms with Crippen molar-refractivity contribution in [3.05, 3.63) is 28.8 Å². The SMILES string of the molecule is CC1(C)C(NN2CCC(N)CC2)C(C)(C)C1Oc1ccc(C#N)c(Cl)c1. The van der Waals surface area contributed by atoms with E-state index in [4.69, 9.17) is 27.3 Å². The lowest BCUT2D eigenvalue weighted by Crippen LogP contribution is -2.76. The molecule has 0 unspecified atom stereocenters. The second kappa shape index (κ2) is 7.01. The molecule has 26 heavy (non-hydrogen) atoms. The summed E-state index contributed by atoms with van der Waals surface area (Å²) in [5.74, 6) is 0.711. The number of ether oxygens (including phenoxy) is 1. The second-order valence-electron chi connectivity index (χ2n) is 8.78. The number of nitrogens with one attached hydrogen (secondary N) is 1. The average Bonchev–Trinajstić information content (AvgIpc) is 2.58. The molecule has 1 aromatic rings. The van der Waals surface area contributed by atoms with Gasteiger partial charge in [-0.1, -0.05) is 39.3 Å². The molecule has 1 aliphatic carbocycles. The van der Waals surface area contributed by atoms with E-state index in [1.807, 2.05) is 6.07 Å². The van der Waals surface area contributed by atoms with Gasteiger partial charge in [0, 0.05) is 42.1 Å². The van der Waals surface area contributed by atoms with Gasteiger partial charge < -0.3 is 10.5 Å². The molecule has 0 radical (unpaired) electrons. The van der Waals surface area contributed by atoms with Gasteiger partial charge in [0.25, 0.3) is 0 Å². The molecule has 0 spiro atoms. The first-order valence-electron chi connectivity index (χ1n) is 9.29. The van der Waals surface area contributed by atoms with Crippen molar-refractivity contribution in [2.75, 3.05) is 13.1 Å². The maximum atomic E-state index is 9.03. The quantitative estimate of drug-likeness (QED) is 0.843. The number of nitrogens with two attached hydrogens (primary N) is 1. The molecule has 1 aliphatic heterocycles. The molecule has 0 amide bonds. The number of nitrogens with zero attached hydrogens (tertiary/aromatic N) is 2. The van der Waals surface area contributed by atoms with Crippen LogP contribution in [0, 0.1) is 22.2 Å². The van der Waals surface area contributed by atoms with E-state index >= 15 is 0 Å². The molecule has 6 heteroatoms. The topological polar surface area (TPSA) is 74.3 Å². The molecule has 1 heterocycles. The number of benzene rings is 1. The summed E-state index contributed by atoms with van der Waals surface area (Å²) in [7, 11) is 0. The summed E-state index contributed by atoms with van der Waals surface area (Å²) in [5.41, 5.74) is 10.1. The van der Waals surface area contributed by atoms with E-state index in [9.17, 15) is 0 Å². The predicted octanol–water partition coefficient (Wildman–Crippen LogP) is 3.32. The van der Waals surface area contributed by atoms with Crippen molar-refractivity contribution in [2.24, 2.45) is 16.6 Å². The molecule has 0 bridgehead atoms. The van der Waals surface area contributed by atoms with Crippen molar-refractivity contribution in [1.82, 2.24) is 10.4 Å². The van der Waals surface area contributed by atoms with Crippen molar-refractivity contribution in [1.29, 1.82) is 5.26 Å². The summed E-state index contributed by atoms with van der Waals surface area (Å²) in [5, 5.41) is 11.8. The number of halogens is 1. The van der Waals surface area contributed by atoms with Crippen LogP contribution in [0.3, 0.4) is 0 Å². The van der Waals surface area contributed by atoms with Crippen LogP contribution in [0.5, 0.6) is 5.75 Å². The van der Waals surface area contributed by atoms with Crippen LogP contribution < -0.4 is 15.9 Å². The van der Waals surface area contributed by atoms with Gasteiger partial charge in [0.05, 0.1) is 10.6 Å². The summed E-state index contributed by atoms with van der Waals surface area (Å²) >= 11 is 6.15. The molecule has 0 atom stereocenters. The van der Waals surface area contributed by atoms with Crippen LogP contribution >= 0.6 is 11.6 Å². The molecule has 5 nitrogen and oxygen atoms in total. The van der Waals surface area contributed by atoms with E-state index < -0.39 is 0 Å². The van der Waals surface area contributed by atoms with E-state index in [1.165, 1.54) is 0 Å². The summed E-state index contributed by atoms with van der Waals surface area (Å²) in [6, 6.07) is 7.98. The highest BCUT2D eigenvalue weighted by Crippen LogP contribution is 2.55. The lowest BCUT2D eigenvalue weighted by atomic mass is 9.49. The standard InChI is InChI=1S/C20H29ClN4O/c1-19(2)17(24-25-9-7-14(23)8-10-25)20(3,4)18(19)26-15-6-5-13(12-22)16(21)11-15/h5-6,11,14,17-18,24H,7-10,23H2,1-4H3. The fourth-order valence-electron chi connectivity index (χ4n) is 4.77. The largest absolute Gasteiger partial charge is 0.489 e. The van der Waals surface area contributed by atoms with Gasteiger partial charge in [-0.05, 0) is 25.0 Å². The Balaban J connectivity index is 1.70. The van der Waals surface area contributed by atoms with Crippen LogP contribution in [-0.2, 0) is 0 Å². The molecule has 1 aromatic carbocycles. The van der Waals surface area contributed by atoms with Crippen molar-refractivity contribution >= 4 is 11.6 Å². The summed E-state index contributed by atoms with van der Waals surface area (Å²) < 4.78 is 6.33. The zero-order valence-electron chi connectivity index (χ0n) is 16.1. The highest BCUT2D eigenvalue weighted by atomic mass is 35.5. The van der Waals surface area contributed by atoms with Crippen LogP contribution in [0.2, 0.25) is 5.02 Å². The fourth-order valence-corrected chi connectivity index (χ4v) is 4.98. The summed E-state index contributed by atoms with van der Waals surface area (Å²) in [6.07, 6.45) is 2.11. The zero-order valence-corrected chi connectivity index (χ0v) is 16.8. The summed E-state index contributed by atoms with van der Waals surface area (Å²) in [6.45, 7) is 10.9. The van der Waals surface area contributed by atoms with E-state index in [2.05, 4.69) is 44.2 Å². The van der Waals surface area contributed by atoms with E-state index in [0.29, 0.717) is 28.4 Å². The third-order valence-corrected chi connectivity index (χ3v) is 6.32. The first-order valence-corrected chi connectivity index (χ1v) is 9.67. The minimum absolute atomic E-state index is 0.0383. The van der Waals surface area contributed by atoms with E-state index in [-0.39, 0.29) is 16.9 Å². The van der Waals surface area contributed by atoms with Crippen LogP contribution in [0.1, 0.15) is 46.1 Å². The lowest BCUT2D eigenvalue weighted by molar-refractivity contribution is -0.187.